The normalized spacial score (nSPS) is 11.7. The number of thiophene rings is 2. The maximum Gasteiger partial charge on any atom is 0.0719 e. The maximum absolute atomic E-state index is 2.53. The first-order chi connectivity index (χ1) is 24.3. The molecule has 3 heteroatoms. The molecule has 0 saturated carbocycles. The zero-order valence-electron chi connectivity index (χ0n) is 26.5. The summed E-state index contributed by atoms with van der Waals surface area (Å²) in [6.07, 6.45) is 0. The second-order valence-electron chi connectivity index (χ2n) is 12.5. The van der Waals surface area contributed by atoms with Gasteiger partial charge in [0.2, 0.25) is 0 Å². The molecular weight excluding hydrogens is 631 g/mol. The summed E-state index contributed by atoms with van der Waals surface area (Å²) in [7, 11) is 0. The van der Waals surface area contributed by atoms with E-state index in [2.05, 4.69) is 181 Å². The molecule has 0 fully saturated rings. The maximum atomic E-state index is 2.53. The summed E-state index contributed by atoms with van der Waals surface area (Å²) in [5, 5.41) is 7.70. The van der Waals surface area contributed by atoms with Crippen LogP contribution in [-0.4, -0.2) is 0 Å². The first kappa shape index (κ1) is 28.3. The third-order valence-electron chi connectivity index (χ3n) is 9.66. The van der Waals surface area contributed by atoms with Crippen LogP contribution in [0, 0.1) is 0 Å². The smallest absolute Gasteiger partial charge is 0.0719 e. The molecule has 0 aliphatic heterocycles. The van der Waals surface area contributed by atoms with Gasteiger partial charge >= 0.3 is 0 Å². The van der Waals surface area contributed by atoms with E-state index in [-0.39, 0.29) is 0 Å². The Hall–Kier alpha value is -5.74. The van der Waals surface area contributed by atoms with Gasteiger partial charge in [-0.15, -0.1) is 22.7 Å². The third-order valence-corrected chi connectivity index (χ3v) is 12.1. The molecule has 230 valence electrons. The molecule has 0 spiro atoms. The van der Waals surface area contributed by atoms with E-state index in [4.69, 9.17) is 0 Å². The Kier molecular flexibility index (Phi) is 6.61. The SMILES string of the molecule is c1ccc(-c2ccc3c(sc4ccccc43)c2N(c2ccc(-c3ccc4ccccc4c3)cc2)c2cccc3c2sc2ccccc23)cc1. The van der Waals surface area contributed by atoms with Gasteiger partial charge < -0.3 is 4.90 Å². The standard InChI is InChI=1S/C46H29NS2/c1-2-12-32(13-3-1)36-27-28-40-38-16-7-9-20-43(38)49-46(40)44(36)47(41-18-10-17-39-37-15-6-8-19-42(37)48-45(39)41)35-25-23-31(24-26-35)34-22-21-30-11-4-5-14-33(30)29-34/h1-29H. The lowest BCUT2D eigenvalue weighted by Gasteiger charge is -2.29. The van der Waals surface area contributed by atoms with Crippen molar-refractivity contribution >= 4 is 90.9 Å². The van der Waals surface area contributed by atoms with Crippen molar-refractivity contribution in [2.45, 2.75) is 0 Å². The lowest BCUT2D eigenvalue weighted by molar-refractivity contribution is 1.32. The van der Waals surface area contributed by atoms with Crippen LogP contribution >= 0.6 is 22.7 Å². The van der Waals surface area contributed by atoms with Crippen LogP contribution in [0.3, 0.4) is 0 Å². The van der Waals surface area contributed by atoms with E-state index in [1.807, 2.05) is 22.7 Å². The Bertz CT molecular complexity index is 2830. The zero-order valence-corrected chi connectivity index (χ0v) is 28.1. The average molecular weight is 660 g/mol. The van der Waals surface area contributed by atoms with E-state index < -0.39 is 0 Å². The van der Waals surface area contributed by atoms with Crippen molar-refractivity contribution in [2.24, 2.45) is 0 Å². The highest BCUT2D eigenvalue weighted by molar-refractivity contribution is 7.27. The van der Waals surface area contributed by atoms with Crippen LogP contribution in [0.25, 0.3) is 73.4 Å². The Labute approximate surface area is 292 Å². The molecule has 10 aromatic rings. The van der Waals surface area contributed by atoms with Gasteiger partial charge in [-0.1, -0.05) is 140 Å². The summed E-state index contributed by atoms with van der Waals surface area (Å²) in [4.78, 5) is 2.53. The molecule has 0 saturated heterocycles. The minimum Gasteiger partial charge on any atom is -0.307 e. The molecule has 0 N–H and O–H groups in total. The molecule has 0 aliphatic carbocycles. The first-order valence-electron chi connectivity index (χ1n) is 16.6. The van der Waals surface area contributed by atoms with E-state index in [0.717, 1.165) is 5.69 Å². The van der Waals surface area contributed by atoms with Gasteiger partial charge in [0, 0.05) is 42.2 Å². The second-order valence-corrected chi connectivity index (χ2v) is 14.6. The quantitative estimate of drug-likeness (QED) is 0.178. The van der Waals surface area contributed by atoms with E-state index >= 15 is 0 Å². The lowest BCUT2D eigenvalue weighted by atomic mass is 9.98. The molecule has 49 heavy (non-hydrogen) atoms. The predicted octanol–water partition coefficient (Wildman–Crippen LogP) is 14.4. The molecule has 0 aliphatic rings. The largest absolute Gasteiger partial charge is 0.307 e. The van der Waals surface area contributed by atoms with Gasteiger partial charge in [0.1, 0.15) is 0 Å². The van der Waals surface area contributed by atoms with Crippen molar-refractivity contribution in [3.8, 4) is 22.3 Å². The minimum atomic E-state index is 1.14. The van der Waals surface area contributed by atoms with Gasteiger partial charge in [-0.2, -0.15) is 0 Å². The Morgan fingerprint density at radius 2 is 0.980 bits per heavy atom. The molecule has 8 aromatic carbocycles. The summed E-state index contributed by atoms with van der Waals surface area (Å²) in [5.74, 6) is 0. The molecule has 0 unspecified atom stereocenters. The van der Waals surface area contributed by atoms with E-state index in [0.29, 0.717) is 0 Å². The summed E-state index contributed by atoms with van der Waals surface area (Å²) >= 11 is 3.77. The number of nitrogens with zero attached hydrogens (tertiary/aromatic N) is 1. The predicted molar refractivity (Wildman–Crippen MR) is 215 cm³/mol. The van der Waals surface area contributed by atoms with Crippen molar-refractivity contribution in [3.05, 3.63) is 176 Å². The number of rotatable bonds is 5. The van der Waals surface area contributed by atoms with Gasteiger partial charge in [-0.05, 0) is 63.9 Å². The monoisotopic (exact) mass is 659 g/mol. The van der Waals surface area contributed by atoms with Crippen LogP contribution < -0.4 is 4.90 Å². The number of anilines is 3. The fourth-order valence-corrected chi connectivity index (χ4v) is 9.76. The van der Waals surface area contributed by atoms with Crippen molar-refractivity contribution < 1.29 is 0 Å². The van der Waals surface area contributed by atoms with Crippen LogP contribution in [0.2, 0.25) is 0 Å². The van der Waals surface area contributed by atoms with Crippen LogP contribution in [0.4, 0.5) is 17.1 Å². The highest BCUT2D eigenvalue weighted by Crippen LogP contribution is 2.52. The molecule has 10 rings (SSSR count). The van der Waals surface area contributed by atoms with Crippen molar-refractivity contribution in [3.63, 3.8) is 0 Å². The highest BCUT2D eigenvalue weighted by Gasteiger charge is 2.25. The van der Waals surface area contributed by atoms with Gasteiger partial charge in [0.25, 0.3) is 0 Å². The fraction of sp³-hybridized carbons (Fsp3) is 0. The summed E-state index contributed by atoms with van der Waals surface area (Å²) in [6, 6.07) is 64.4. The van der Waals surface area contributed by atoms with Crippen molar-refractivity contribution in [2.75, 3.05) is 4.90 Å². The van der Waals surface area contributed by atoms with E-state index in [9.17, 15) is 0 Å². The molecule has 0 bridgehead atoms. The van der Waals surface area contributed by atoms with Crippen LogP contribution in [0.5, 0.6) is 0 Å². The zero-order chi connectivity index (χ0) is 32.3. The average Bonchev–Trinajstić information content (AvgIpc) is 3.75. The summed E-state index contributed by atoms with van der Waals surface area (Å²) in [6.45, 7) is 0. The van der Waals surface area contributed by atoms with E-state index in [1.54, 1.807) is 0 Å². The van der Waals surface area contributed by atoms with Gasteiger partial charge in [-0.25, -0.2) is 0 Å². The van der Waals surface area contributed by atoms with Gasteiger partial charge in [0.15, 0.2) is 0 Å². The van der Waals surface area contributed by atoms with Crippen LogP contribution in [0.1, 0.15) is 0 Å². The Morgan fingerprint density at radius 1 is 0.367 bits per heavy atom. The van der Waals surface area contributed by atoms with Gasteiger partial charge in [0.05, 0.1) is 20.8 Å². The first-order valence-corrected chi connectivity index (χ1v) is 18.2. The van der Waals surface area contributed by atoms with Crippen molar-refractivity contribution in [1.82, 2.24) is 0 Å². The molecule has 2 heterocycles. The number of hydrogen-bond donors (Lipinski definition) is 0. The number of fused-ring (bicyclic) bond motifs is 7. The molecule has 0 amide bonds. The van der Waals surface area contributed by atoms with Crippen molar-refractivity contribution in [1.29, 1.82) is 0 Å². The molecule has 0 radical (unpaired) electrons. The van der Waals surface area contributed by atoms with Crippen LogP contribution in [-0.2, 0) is 0 Å². The molecule has 2 aromatic heterocycles. The second kappa shape index (κ2) is 11.5. The minimum absolute atomic E-state index is 1.14. The number of hydrogen-bond acceptors (Lipinski definition) is 3. The third kappa shape index (κ3) is 4.66. The Balaban J connectivity index is 1.27. The highest BCUT2D eigenvalue weighted by atomic mass is 32.1. The topological polar surface area (TPSA) is 3.24 Å². The van der Waals surface area contributed by atoms with E-state index in [1.165, 1.54) is 84.7 Å². The van der Waals surface area contributed by atoms with Crippen LogP contribution in [0.15, 0.2) is 176 Å². The lowest BCUT2D eigenvalue weighted by Crippen LogP contribution is -2.11. The van der Waals surface area contributed by atoms with Gasteiger partial charge in [-0.3, -0.25) is 0 Å². The molecule has 0 atom stereocenters. The fourth-order valence-electron chi connectivity index (χ4n) is 7.32. The Morgan fingerprint density at radius 3 is 1.76 bits per heavy atom. The summed E-state index contributed by atoms with van der Waals surface area (Å²) < 4.78 is 5.19. The number of benzene rings is 8. The summed E-state index contributed by atoms with van der Waals surface area (Å²) in [5.41, 5.74) is 8.40. The molecule has 1 nitrogen and oxygen atoms in total. The molecular formula is C46H29NS2.